The monoisotopic (exact) mass is 481 g/mol. The number of carbonyl (C=O) groups excluding carboxylic acids is 1. The Labute approximate surface area is 188 Å². The molecule has 0 spiro atoms. The van der Waals surface area contributed by atoms with E-state index >= 15 is 0 Å². The number of sulfonamides is 1. The highest BCUT2D eigenvalue weighted by atomic mass is 32.2. The van der Waals surface area contributed by atoms with Crippen molar-refractivity contribution in [3.8, 4) is 17.0 Å². The van der Waals surface area contributed by atoms with Gasteiger partial charge in [0, 0.05) is 22.5 Å². The number of benzene rings is 2. The van der Waals surface area contributed by atoms with Gasteiger partial charge in [-0.1, -0.05) is 19.1 Å². The van der Waals surface area contributed by atoms with E-state index in [4.69, 9.17) is 0 Å². The van der Waals surface area contributed by atoms with Crippen LogP contribution in [0.15, 0.2) is 58.8 Å². The number of nitrogens with one attached hydrogen (secondary N) is 2. The van der Waals surface area contributed by atoms with Crippen LogP contribution in [0.25, 0.3) is 11.3 Å². The Morgan fingerprint density at radius 3 is 2.50 bits per heavy atom. The van der Waals surface area contributed by atoms with Gasteiger partial charge in [-0.25, -0.2) is 18.1 Å². The number of thiazole rings is 1. The maximum Gasteiger partial charge on any atom is 0.387 e. The molecule has 0 aliphatic carbocycles. The number of ether oxygens (including phenoxy) is 1. The molecule has 1 atom stereocenters. The number of aromatic nitrogens is 1. The molecular weight excluding hydrogens is 460 g/mol. The first kappa shape index (κ1) is 23.8. The van der Waals surface area contributed by atoms with Gasteiger partial charge in [-0.15, -0.1) is 11.3 Å². The van der Waals surface area contributed by atoms with Gasteiger partial charge in [-0.3, -0.25) is 10.1 Å². The van der Waals surface area contributed by atoms with Crippen molar-refractivity contribution in [2.24, 2.45) is 0 Å². The number of para-hydroxylation sites is 1. The number of anilines is 1. The maximum atomic E-state index is 12.6. The topological polar surface area (TPSA) is 97.4 Å². The standard InChI is InChI=1S/C21H21F2N3O4S2/c1-3-13(2)26-32(28,29)15-10-8-14(9-11-15)19(27)25-21-24-17(12-31-21)16-6-4-5-7-18(16)30-20(22)23/h4-13,20,26H,3H2,1-2H3,(H,24,25,27). The van der Waals surface area contributed by atoms with E-state index in [1.54, 1.807) is 30.5 Å². The molecule has 3 aromatic rings. The van der Waals surface area contributed by atoms with Gasteiger partial charge in [0.1, 0.15) is 5.75 Å². The van der Waals surface area contributed by atoms with Crippen molar-refractivity contribution in [1.82, 2.24) is 9.71 Å². The summed E-state index contributed by atoms with van der Waals surface area (Å²) in [5.41, 5.74) is 0.984. The average Bonchev–Trinajstić information content (AvgIpc) is 3.21. The van der Waals surface area contributed by atoms with Gasteiger partial charge >= 0.3 is 6.61 Å². The van der Waals surface area contributed by atoms with E-state index in [2.05, 4.69) is 19.8 Å². The van der Waals surface area contributed by atoms with Gasteiger partial charge in [0.2, 0.25) is 10.0 Å². The summed E-state index contributed by atoms with van der Waals surface area (Å²) in [6.07, 6.45) is 0.647. The fourth-order valence-electron chi connectivity index (χ4n) is 2.70. The molecule has 170 valence electrons. The lowest BCUT2D eigenvalue weighted by atomic mass is 10.1. The number of alkyl halides is 2. The summed E-state index contributed by atoms with van der Waals surface area (Å²) in [5.74, 6) is -0.504. The molecule has 2 N–H and O–H groups in total. The predicted molar refractivity (Wildman–Crippen MR) is 119 cm³/mol. The van der Waals surface area contributed by atoms with E-state index in [9.17, 15) is 22.0 Å². The minimum absolute atomic E-state index is 0.0199. The molecule has 0 saturated carbocycles. The lowest BCUT2D eigenvalue weighted by Crippen LogP contribution is -2.32. The number of rotatable bonds is 9. The van der Waals surface area contributed by atoms with Gasteiger partial charge < -0.3 is 4.74 Å². The molecule has 0 aliphatic heterocycles. The van der Waals surface area contributed by atoms with Crippen LogP contribution in [0, 0.1) is 0 Å². The fourth-order valence-corrected chi connectivity index (χ4v) is 4.74. The van der Waals surface area contributed by atoms with Crippen molar-refractivity contribution in [1.29, 1.82) is 0 Å². The molecule has 0 saturated heterocycles. The third-order valence-electron chi connectivity index (χ3n) is 4.50. The largest absolute Gasteiger partial charge is 0.434 e. The summed E-state index contributed by atoms with van der Waals surface area (Å²) in [4.78, 5) is 16.8. The minimum atomic E-state index is -3.67. The Balaban J connectivity index is 1.72. The zero-order valence-corrected chi connectivity index (χ0v) is 18.8. The van der Waals surface area contributed by atoms with Gasteiger partial charge in [0.05, 0.1) is 10.6 Å². The quantitative estimate of drug-likeness (QED) is 0.460. The van der Waals surface area contributed by atoms with Crippen LogP contribution in [-0.2, 0) is 10.0 Å². The highest BCUT2D eigenvalue weighted by molar-refractivity contribution is 7.89. The van der Waals surface area contributed by atoms with Gasteiger partial charge in [0.15, 0.2) is 5.13 Å². The highest BCUT2D eigenvalue weighted by Crippen LogP contribution is 2.33. The number of halogens is 2. The van der Waals surface area contributed by atoms with Crippen LogP contribution in [0.1, 0.15) is 30.6 Å². The number of carbonyl (C=O) groups is 1. The Bertz CT molecular complexity index is 1180. The van der Waals surface area contributed by atoms with Crippen LogP contribution in [-0.4, -0.2) is 32.0 Å². The van der Waals surface area contributed by atoms with Crippen LogP contribution < -0.4 is 14.8 Å². The second-order valence-corrected chi connectivity index (χ2v) is 9.39. The van der Waals surface area contributed by atoms with E-state index in [1.807, 2.05) is 6.92 Å². The molecule has 0 radical (unpaired) electrons. The second-order valence-electron chi connectivity index (χ2n) is 6.82. The van der Waals surface area contributed by atoms with Crippen molar-refractivity contribution in [3.63, 3.8) is 0 Å². The van der Waals surface area contributed by atoms with Crippen molar-refractivity contribution in [2.45, 2.75) is 37.8 Å². The normalized spacial score (nSPS) is 12.5. The molecule has 1 aromatic heterocycles. The van der Waals surface area contributed by atoms with Gasteiger partial charge in [-0.2, -0.15) is 8.78 Å². The number of nitrogens with zero attached hydrogens (tertiary/aromatic N) is 1. The molecule has 1 unspecified atom stereocenters. The molecule has 0 bridgehead atoms. The SMILES string of the molecule is CCC(C)NS(=O)(=O)c1ccc(C(=O)Nc2nc(-c3ccccc3OC(F)F)cs2)cc1. The summed E-state index contributed by atoms with van der Waals surface area (Å²) in [6.45, 7) is 0.663. The van der Waals surface area contributed by atoms with Crippen LogP contribution in [0.5, 0.6) is 5.75 Å². The molecule has 7 nitrogen and oxygen atoms in total. The average molecular weight is 482 g/mol. The Kier molecular flexibility index (Phi) is 7.54. The number of amides is 1. The zero-order valence-electron chi connectivity index (χ0n) is 17.2. The van der Waals surface area contributed by atoms with E-state index in [0.717, 1.165) is 11.3 Å². The first-order chi connectivity index (χ1) is 15.2. The first-order valence-electron chi connectivity index (χ1n) is 9.63. The van der Waals surface area contributed by atoms with E-state index in [-0.39, 0.29) is 27.4 Å². The van der Waals surface area contributed by atoms with Crippen molar-refractivity contribution < 1.29 is 26.7 Å². The van der Waals surface area contributed by atoms with E-state index in [0.29, 0.717) is 17.7 Å². The van der Waals surface area contributed by atoms with E-state index < -0.39 is 22.5 Å². The van der Waals surface area contributed by atoms with Crippen LogP contribution in [0.2, 0.25) is 0 Å². The van der Waals surface area contributed by atoms with Gasteiger partial charge in [-0.05, 0) is 49.7 Å². The molecular formula is C21H21F2N3O4S2. The van der Waals surface area contributed by atoms with Crippen molar-refractivity contribution in [3.05, 3.63) is 59.5 Å². The molecule has 1 amide bonds. The summed E-state index contributed by atoms with van der Waals surface area (Å²) in [7, 11) is -3.67. The lowest BCUT2D eigenvalue weighted by molar-refractivity contribution is -0.0494. The van der Waals surface area contributed by atoms with Crippen LogP contribution in [0.3, 0.4) is 0 Å². The second kappa shape index (κ2) is 10.2. The molecule has 2 aromatic carbocycles. The minimum Gasteiger partial charge on any atom is -0.434 e. The van der Waals surface area contributed by atoms with Gasteiger partial charge in [0.25, 0.3) is 5.91 Å². The van der Waals surface area contributed by atoms with Crippen LogP contribution >= 0.6 is 11.3 Å². The van der Waals surface area contributed by atoms with Crippen molar-refractivity contribution >= 4 is 32.4 Å². The summed E-state index contributed by atoms with van der Waals surface area (Å²) >= 11 is 1.12. The number of hydrogen-bond acceptors (Lipinski definition) is 6. The summed E-state index contributed by atoms with van der Waals surface area (Å²) in [6, 6.07) is 11.5. The zero-order chi connectivity index (χ0) is 23.3. The third kappa shape index (κ3) is 5.87. The Morgan fingerprint density at radius 1 is 1.16 bits per heavy atom. The predicted octanol–water partition coefficient (Wildman–Crippen LogP) is 4.74. The Morgan fingerprint density at radius 2 is 1.84 bits per heavy atom. The smallest absolute Gasteiger partial charge is 0.387 e. The highest BCUT2D eigenvalue weighted by Gasteiger charge is 2.18. The lowest BCUT2D eigenvalue weighted by Gasteiger charge is -2.12. The van der Waals surface area contributed by atoms with Crippen molar-refractivity contribution in [2.75, 3.05) is 5.32 Å². The molecule has 11 heteroatoms. The van der Waals surface area contributed by atoms with Crippen LogP contribution in [0.4, 0.5) is 13.9 Å². The molecule has 0 fully saturated rings. The summed E-state index contributed by atoms with van der Waals surface area (Å²) < 4.78 is 57.0. The molecule has 0 aliphatic rings. The first-order valence-corrected chi connectivity index (χ1v) is 12.0. The third-order valence-corrected chi connectivity index (χ3v) is 6.86. The summed E-state index contributed by atoms with van der Waals surface area (Å²) in [5, 5.41) is 4.49. The number of hydrogen-bond donors (Lipinski definition) is 2. The Hall–Kier alpha value is -2.89. The fraction of sp³-hybridized carbons (Fsp3) is 0.238. The molecule has 3 rings (SSSR count). The molecule has 32 heavy (non-hydrogen) atoms. The molecule has 1 heterocycles. The maximum absolute atomic E-state index is 12.6. The van der Waals surface area contributed by atoms with E-state index in [1.165, 1.54) is 30.3 Å².